The fourth-order valence-corrected chi connectivity index (χ4v) is 7.81. The molecule has 2 aliphatic rings. The summed E-state index contributed by atoms with van der Waals surface area (Å²) in [6, 6.07) is 17.3. The number of hydrogen-bond acceptors (Lipinski definition) is 11. The molecule has 0 spiro atoms. The van der Waals surface area contributed by atoms with Gasteiger partial charge in [0.05, 0.1) is 37.4 Å². The number of nitrogens with zero attached hydrogens (tertiary/aromatic N) is 12. The molecule has 1 saturated carbocycles. The molecule has 2 aromatic carbocycles. The predicted molar refractivity (Wildman–Crippen MR) is 266 cm³/mol. The van der Waals surface area contributed by atoms with Crippen molar-refractivity contribution in [2.24, 2.45) is 25.7 Å². The SMILES string of the molecule is C=CC(C)=N.CC1CCC[C@H](n2cc(-c3cnc(-c4cccc(-c5cnn(C)c5)c4)nc3)cn2)C1.CCCn1cc(-c2cnc(-c3cccc(-c4cnn(C)c4)c3)nc2)cn1.NC1CCOC1. The van der Waals surface area contributed by atoms with Crippen LogP contribution in [-0.4, -0.2) is 84.0 Å². The Morgan fingerprint density at radius 3 is 1.64 bits per heavy atom. The van der Waals surface area contributed by atoms with Crippen LogP contribution in [-0.2, 0) is 25.4 Å². The van der Waals surface area contributed by atoms with Crippen molar-refractivity contribution in [2.45, 2.75) is 77.9 Å². The van der Waals surface area contributed by atoms with Gasteiger partial charge < -0.3 is 15.9 Å². The quantitative estimate of drug-likeness (QED) is 0.125. The Bertz CT molecular complexity index is 2790. The van der Waals surface area contributed by atoms with Crippen molar-refractivity contribution in [2.75, 3.05) is 13.2 Å². The van der Waals surface area contributed by atoms with E-state index in [4.69, 9.17) is 15.9 Å². The summed E-state index contributed by atoms with van der Waals surface area (Å²) >= 11 is 0. The highest BCUT2D eigenvalue weighted by molar-refractivity contribution is 5.89. The number of nitrogens with two attached hydrogens (primary N) is 1. The molecule has 1 aliphatic heterocycles. The molecule has 0 bridgehead atoms. The normalized spacial score (nSPS) is 16.4. The van der Waals surface area contributed by atoms with Crippen LogP contribution in [0.3, 0.4) is 0 Å². The molecular weight excluding hydrogens is 837 g/mol. The highest BCUT2D eigenvalue weighted by Gasteiger charge is 2.21. The molecule has 1 aliphatic carbocycles. The highest BCUT2D eigenvalue weighted by Crippen LogP contribution is 2.33. The lowest BCUT2D eigenvalue weighted by molar-refractivity contribution is 0.194. The first-order valence-corrected chi connectivity index (χ1v) is 23.0. The average molecular weight is 899 g/mol. The second-order valence-electron chi connectivity index (χ2n) is 17.2. The van der Waals surface area contributed by atoms with Crippen molar-refractivity contribution in [3.8, 4) is 67.3 Å². The first-order chi connectivity index (χ1) is 32.5. The number of hydrogen-bond donors (Lipinski definition) is 2. The van der Waals surface area contributed by atoms with Gasteiger partial charge >= 0.3 is 0 Å². The van der Waals surface area contributed by atoms with Gasteiger partial charge in [0, 0.05) is 133 Å². The first-order valence-electron chi connectivity index (χ1n) is 23.0. The number of ether oxygens (including phenoxy) is 1. The lowest BCUT2D eigenvalue weighted by Crippen LogP contribution is -2.18. The zero-order valence-corrected chi connectivity index (χ0v) is 39.3. The Labute approximate surface area is 393 Å². The van der Waals surface area contributed by atoms with Crippen LogP contribution in [0.5, 0.6) is 0 Å². The molecule has 67 heavy (non-hydrogen) atoms. The summed E-state index contributed by atoms with van der Waals surface area (Å²) in [5.41, 5.74) is 16.4. The largest absolute Gasteiger partial charge is 0.380 e. The van der Waals surface area contributed by atoms with Gasteiger partial charge in [-0.2, -0.15) is 20.4 Å². The van der Waals surface area contributed by atoms with E-state index in [-0.39, 0.29) is 0 Å². The van der Waals surface area contributed by atoms with Gasteiger partial charge in [0.15, 0.2) is 11.6 Å². The molecule has 2 unspecified atom stereocenters. The van der Waals surface area contributed by atoms with Gasteiger partial charge in [-0.25, -0.2) is 19.9 Å². The van der Waals surface area contributed by atoms with E-state index in [1.54, 1.807) is 16.3 Å². The van der Waals surface area contributed by atoms with Crippen molar-refractivity contribution in [3.05, 3.63) is 136 Å². The van der Waals surface area contributed by atoms with Gasteiger partial charge in [0.2, 0.25) is 0 Å². The van der Waals surface area contributed by atoms with Crippen molar-refractivity contribution < 1.29 is 4.74 Å². The summed E-state index contributed by atoms with van der Waals surface area (Å²) in [7, 11) is 3.84. The number of benzene rings is 2. The maximum Gasteiger partial charge on any atom is 0.159 e. The second-order valence-corrected chi connectivity index (χ2v) is 17.2. The average Bonchev–Trinajstić information content (AvgIpc) is 4.23. The smallest absolute Gasteiger partial charge is 0.159 e. The molecule has 6 aromatic heterocycles. The van der Waals surface area contributed by atoms with Crippen LogP contribution >= 0.6 is 0 Å². The number of nitrogens with one attached hydrogen (secondary N) is 1. The fraction of sp³-hybridized carbons (Fsp3) is 0.327. The van der Waals surface area contributed by atoms with E-state index in [9.17, 15) is 0 Å². The van der Waals surface area contributed by atoms with Crippen LogP contribution in [0.1, 0.15) is 65.3 Å². The van der Waals surface area contributed by atoms with E-state index in [0.29, 0.717) is 23.6 Å². The lowest BCUT2D eigenvalue weighted by atomic mass is 9.87. The van der Waals surface area contributed by atoms with E-state index >= 15 is 0 Å². The molecule has 8 aromatic rings. The van der Waals surface area contributed by atoms with E-state index < -0.39 is 0 Å². The van der Waals surface area contributed by atoms with E-state index in [2.05, 4.69) is 95.9 Å². The standard InChI is InChI=1S/C24H26N6.C20H20N6.C4H9NO.C4H7N/c1-17-5-3-8-23(9-17)30-16-22(14-28-30)20-11-25-24(26-12-20)19-7-4-6-18(10-19)21-13-27-29(2)15-21;1-3-7-26-14-19(12-24-26)17-9-21-20(22-10-17)16-6-4-5-15(8-16)18-11-23-25(2)13-18;5-4-1-2-6-3-4;1-3-4(2)5/h4,6-7,10-17,23H,3,5,8-9H2,1-2H3;4-6,8-14H,3,7H2,1-2H3;4H,1-3,5H2;3,5H,1H2,2H3/t17?,23-;;;/m0.../s1. The van der Waals surface area contributed by atoms with Crippen molar-refractivity contribution in [3.63, 3.8) is 0 Å². The Balaban J connectivity index is 0.000000163. The molecular formula is C52H62N14O. The molecule has 0 amide bonds. The zero-order chi connectivity index (χ0) is 47.1. The monoisotopic (exact) mass is 899 g/mol. The topological polar surface area (TPSA) is 182 Å². The molecule has 15 heteroatoms. The Kier molecular flexibility index (Phi) is 16.6. The molecule has 0 radical (unpaired) electrons. The number of rotatable bonds is 10. The number of aromatic nitrogens is 12. The third-order valence-corrected chi connectivity index (χ3v) is 11.5. The minimum absolute atomic E-state index is 0.324. The van der Waals surface area contributed by atoms with Crippen molar-refractivity contribution in [1.82, 2.24) is 59.1 Å². The predicted octanol–water partition coefficient (Wildman–Crippen LogP) is 9.92. The zero-order valence-electron chi connectivity index (χ0n) is 39.3. The first kappa shape index (κ1) is 47.7. The minimum atomic E-state index is 0.324. The van der Waals surface area contributed by atoms with Gasteiger partial charge in [-0.15, -0.1) is 0 Å². The summed E-state index contributed by atoms with van der Waals surface area (Å²) in [6.45, 7) is 12.0. The Morgan fingerprint density at radius 2 is 1.19 bits per heavy atom. The molecule has 346 valence electrons. The van der Waals surface area contributed by atoms with Crippen LogP contribution in [0, 0.1) is 11.3 Å². The molecule has 15 nitrogen and oxygen atoms in total. The van der Waals surface area contributed by atoms with Gasteiger partial charge in [-0.05, 0) is 67.9 Å². The van der Waals surface area contributed by atoms with Gasteiger partial charge in [0.25, 0.3) is 0 Å². The van der Waals surface area contributed by atoms with E-state index in [0.717, 1.165) is 100.0 Å². The summed E-state index contributed by atoms with van der Waals surface area (Å²) in [4.78, 5) is 18.4. The second kappa shape index (κ2) is 23.3. The molecule has 3 N–H and O–H groups in total. The van der Waals surface area contributed by atoms with Gasteiger partial charge in [-0.1, -0.05) is 69.7 Å². The van der Waals surface area contributed by atoms with Crippen LogP contribution in [0.15, 0.2) is 136 Å². The lowest BCUT2D eigenvalue weighted by Gasteiger charge is -2.26. The summed E-state index contributed by atoms with van der Waals surface area (Å²) in [6.07, 6.45) is 31.8. The molecule has 10 rings (SSSR count). The molecule has 1 saturated heterocycles. The van der Waals surface area contributed by atoms with Crippen LogP contribution in [0.2, 0.25) is 0 Å². The maximum atomic E-state index is 6.62. The minimum Gasteiger partial charge on any atom is -0.380 e. The van der Waals surface area contributed by atoms with Crippen LogP contribution in [0.25, 0.3) is 67.3 Å². The third-order valence-electron chi connectivity index (χ3n) is 11.5. The van der Waals surface area contributed by atoms with E-state index in [1.165, 1.54) is 31.8 Å². The third kappa shape index (κ3) is 13.4. The summed E-state index contributed by atoms with van der Waals surface area (Å²) in [5, 5.41) is 24.1. The van der Waals surface area contributed by atoms with Crippen molar-refractivity contribution >= 4 is 5.71 Å². The Hall–Kier alpha value is -7.23. The summed E-state index contributed by atoms with van der Waals surface area (Å²) < 4.78 is 12.6. The van der Waals surface area contributed by atoms with Gasteiger partial charge in [-0.3, -0.25) is 18.7 Å². The Morgan fingerprint density at radius 1 is 0.687 bits per heavy atom. The number of allylic oxidation sites excluding steroid dienone is 1. The fourth-order valence-electron chi connectivity index (χ4n) is 7.81. The van der Waals surface area contributed by atoms with Crippen LogP contribution in [0.4, 0.5) is 0 Å². The maximum absolute atomic E-state index is 6.62. The van der Waals surface area contributed by atoms with E-state index in [1.807, 2.05) is 111 Å². The van der Waals surface area contributed by atoms with Crippen LogP contribution < -0.4 is 5.73 Å². The number of aryl methyl sites for hydroxylation is 3. The van der Waals surface area contributed by atoms with Gasteiger partial charge in [0.1, 0.15) is 0 Å². The summed E-state index contributed by atoms with van der Waals surface area (Å²) in [5.74, 6) is 2.21. The highest BCUT2D eigenvalue weighted by atomic mass is 16.5. The molecule has 7 heterocycles. The van der Waals surface area contributed by atoms with Crippen molar-refractivity contribution in [1.29, 1.82) is 5.41 Å². The molecule has 3 atom stereocenters. The molecule has 2 fully saturated rings.